The third kappa shape index (κ3) is 2.19. The van der Waals surface area contributed by atoms with Crippen LogP contribution in [0.4, 0.5) is 11.4 Å². The van der Waals surface area contributed by atoms with Gasteiger partial charge in [-0.3, -0.25) is 14.9 Å². The predicted octanol–water partition coefficient (Wildman–Crippen LogP) is 3.47. The van der Waals surface area contributed by atoms with Gasteiger partial charge in [-0.2, -0.15) is 0 Å². The molecule has 0 aromatic heterocycles. The van der Waals surface area contributed by atoms with Crippen LogP contribution in [-0.2, 0) is 4.79 Å². The van der Waals surface area contributed by atoms with Crippen LogP contribution < -0.4 is 5.32 Å². The van der Waals surface area contributed by atoms with Crippen molar-refractivity contribution in [2.24, 2.45) is 0 Å². The zero-order valence-electron chi connectivity index (χ0n) is 9.44. The van der Waals surface area contributed by atoms with Gasteiger partial charge in [0.05, 0.1) is 10.3 Å². The smallest absolute Gasteiger partial charge is 0.278 e. The molecule has 18 heavy (non-hydrogen) atoms. The Bertz CT molecular complexity index is 655. The van der Waals surface area contributed by atoms with Crippen LogP contribution >= 0.6 is 15.9 Å². The third-order valence-electron chi connectivity index (χ3n) is 2.48. The number of halogens is 1. The van der Waals surface area contributed by atoms with Crippen molar-refractivity contribution in [2.75, 3.05) is 5.32 Å². The van der Waals surface area contributed by atoms with E-state index in [1.165, 1.54) is 19.1 Å². The molecule has 1 amide bonds. The first-order valence-electron chi connectivity index (χ1n) is 5.14. The second kappa shape index (κ2) is 4.73. The van der Waals surface area contributed by atoms with E-state index in [1.54, 1.807) is 18.2 Å². The molecule has 92 valence electrons. The standard InChI is InChI=1S/C12H9BrN2O3/c1-7(16)14-10-5-6-11(15(17)18)12-8(10)3-2-4-9(12)13/h2-6H,1H3,(H,14,16). The van der Waals surface area contributed by atoms with Crippen molar-refractivity contribution in [2.45, 2.75) is 6.92 Å². The summed E-state index contributed by atoms with van der Waals surface area (Å²) in [7, 11) is 0. The van der Waals surface area contributed by atoms with E-state index in [0.29, 0.717) is 20.9 Å². The predicted molar refractivity (Wildman–Crippen MR) is 72.6 cm³/mol. The molecule has 2 rings (SSSR count). The minimum absolute atomic E-state index is 0.00609. The largest absolute Gasteiger partial charge is 0.326 e. The number of nitrogens with zero attached hydrogens (tertiary/aromatic N) is 1. The minimum atomic E-state index is -0.440. The van der Waals surface area contributed by atoms with E-state index < -0.39 is 4.92 Å². The van der Waals surface area contributed by atoms with E-state index in [-0.39, 0.29) is 11.6 Å². The summed E-state index contributed by atoms with van der Waals surface area (Å²) in [5.74, 6) is -0.217. The van der Waals surface area contributed by atoms with E-state index in [9.17, 15) is 14.9 Å². The zero-order valence-corrected chi connectivity index (χ0v) is 11.0. The van der Waals surface area contributed by atoms with Gasteiger partial charge in [-0.1, -0.05) is 12.1 Å². The van der Waals surface area contributed by atoms with Crippen LogP contribution in [0.5, 0.6) is 0 Å². The van der Waals surface area contributed by atoms with Crippen LogP contribution in [-0.4, -0.2) is 10.8 Å². The summed E-state index contributed by atoms with van der Waals surface area (Å²) in [4.78, 5) is 21.7. The summed E-state index contributed by atoms with van der Waals surface area (Å²) in [6.07, 6.45) is 0. The number of nitro benzene ring substituents is 1. The SMILES string of the molecule is CC(=O)Nc1ccc([N+](=O)[O-])c2c(Br)cccc12. The minimum Gasteiger partial charge on any atom is -0.326 e. The van der Waals surface area contributed by atoms with E-state index >= 15 is 0 Å². The van der Waals surface area contributed by atoms with Crippen LogP contribution in [0.15, 0.2) is 34.8 Å². The second-order valence-corrected chi connectivity index (χ2v) is 4.59. The molecule has 1 N–H and O–H groups in total. The molecule has 0 aliphatic carbocycles. The highest BCUT2D eigenvalue weighted by Gasteiger charge is 2.17. The molecule has 0 fully saturated rings. The highest BCUT2D eigenvalue weighted by molar-refractivity contribution is 9.10. The summed E-state index contributed by atoms with van der Waals surface area (Å²) >= 11 is 3.30. The quantitative estimate of drug-likeness (QED) is 0.682. The maximum Gasteiger partial charge on any atom is 0.278 e. The van der Waals surface area contributed by atoms with E-state index in [2.05, 4.69) is 21.2 Å². The highest BCUT2D eigenvalue weighted by atomic mass is 79.9. The molecular formula is C12H9BrN2O3. The number of anilines is 1. The Morgan fingerprint density at radius 1 is 1.33 bits per heavy atom. The highest BCUT2D eigenvalue weighted by Crippen LogP contribution is 2.36. The number of benzene rings is 2. The molecule has 0 saturated carbocycles. The average Bonchev–Trinajstić information content (AvgIpc) is 2.29. The van der Waals surface area contributed by atoms with Crippen LogP contribution in [0.2, 0.25) is 0 Å². The number of carbonyl (C=O) groups is 1. The Hall–Kier alpha value is -1.95. The normalized spacial score (nSPS) is 10.3. The summed E-state index contributed by atoms with van der Waals surface area (Å²) in [6, 6.07) is 8.15. The van der Waals surface area contributed by atoms with Crippen molar-refractivity contribution in [3.8, 4) is 0 Å². The van der Waals surface area contributed by atoms with Gasteiger partial charge in [0.25, 0.3) is 5.69 Å². The molecule has 6 heteroatoms. The van der Waals surface area contributed by atoms with Gasteiger partial charge in [-0.15, -0.1) is 0 Å². The maximum absolute atomic E-state index is 11.1. The summed E-state index contributed by atoms with van der Waals surface area (Å²) < 4.78 is 0.624. The lowest BCUT2D eigenvalue weighted by molar-refractivity contribution is -0.383. The van der Waals surface area contributed by atoms with Gasteiger partial charge in [0.1, 0.15) is 0 Å². The fourth-order valence-electron chi connectivity index (χ4n) is 1.80. The number of hydrogen-bond donors (Lipinski definition) is 1. The second-order valence-electron chi connectivity index (χ2n) is 3.73. The topological polar surface area (TPSA) is 72.2 Å². The van der Waals surface area contributed by atoms with Crippen molar-refractivity contribution in [3.05, 3.63) is 44.9 Å². The summed E-state index contributed by atoms with van der Waals surface area (Å²) in [5.41, 5.74) is 0.566. The van der Waals surface area contributed by atoms with Crippen molar-refractivity contribution in [1.82, 2.24) is 0 Å². The molecule has 0 spiro atoms. The van der Waals surface area contributed by atoms with Gasteiger partial charge < -0.3 is 5.32 Å². The Morgan fingerprint density at radius 3 is 2.67 bits per heavy atom. The Kier molecular flexibility index (Phi) is 3.29. The monoisotopic (exact) mass is 308 g/mol. The molecule has 0 aliphatic rings. The first-order chi connectivity index (χ1) is 8.50. The van der Waals surface area contributed by atoms with E-state index in [0.717, 1.165) is 0 Å². The van der Waals surface area contributed by atoms with Crippen molar-refractivity contribution in [3.63, 3.8) is 0 Å². The third-order valence-corrected chi connectivity index (χ3v) is 3.14. The van der Waals surface area contributed by atoms with Gasteiger partial charge >= 0.3 is 0 Å². The first kappa shape index (κ1) is 12.5. The maximum atomic E-state index is 11.1. The number of fused-ring (bicyclic) bond motifs is 1. The summed E-state index contributed by atoms with van der Waals surface area (Å²) in [6.45, 7) is 1.39. The lowest BCUT2D eigenvalue weighted by Gasteiger charge is -2.08. The average molecular weight is 309 g/mol. The van der Waals surface area contributed by atoms with Gasteiger partial charge in [-0.05, 0) is 28.1 Å². The lowest BCUT2D eigenvalue weighted by atomic mass is 10.1. The van der Waals surface area contributed by atoms with Gasteiger partial charge in [0.2, 0.25) is 5.91 Å². The number of hydrogen-bond acceptors (Lipinski definition) is 3. The number of rotatable bonds is 2. The summed E-state index contributed by atoms with van der Waals surface area (Å²) in [5, 5.41) is 14.8. The fourth-order valence-corrected chi connectivity index (χ4v) is 2.36. The number of amides is 1. The number of non-ortho nitro benzene ring substituents is 1. The molecule has 0 heterocycles. The molecular weight excluding hydrogens is 300 g/mol. The number of nitro groups is 1. The molecule has 0 atom stereocenters. The van der Waals surface area contributed by atoms with E-state index in [4.69, 9.17) is 0 Å². The van der Waals surface area contributed by atoms with E-state index in [1.807, 2.05) is 0 Å². The zero-order chi connectivity index (χ0) is 13.3. The molecule has 5 nitrogen and oxygen atoms in total. The van der Waals surface area contributed by atoms with Crippen LogP contribution in [0.1, 0.15) is 6.92 Å². The van der Waals surface area contributed by atoms with Gasteiger partial charge in [-0.25, -0.2) is 0 Å². The molecule has 0 unspecified atom stereocenters. The van der Waals surface area contributed by atoms with Gasteiger partial charge in [0, 0.05) is 28.5 Å². The number of carbonyl (C=O) groups excluding carboxylic acids is 1. The molecule has 0 saturated heterocycles. The number of nitrogens with one attached hydrogen (secondary N) is 1. The van der Waals surface area contributed by atoms with Crippen LogP contribution in [0.25, 0.3) is 10.8 Å². The first-order valence-corrected chi connectivity index (χ1v) is 5.93. The fraction of sp³-hybridized carbons (Fsp3) is 0.0833. The van der Waals surface area contributed by atoms with Crippen molar-refractivity contribution in [1.29, 1.82) is 0 Å². The Morgan fingerprint density at radius 2 is 2.06 bits per heavy atom. The van der Waals surface area contributed by atoms with Crippen LogP contribution in [0.3, 0.4) is 0 Å². The molecule has 0 radical (unpaired) electrons. The van der Waals surface area contributed by atoms with Crippen molar-refractivity contribution >= 4 is 44.0 Å². The Balaban J connectivity index is 2.79. The van der Waals surface area contributed by atoms with Crippen LogP contribution in [0, 0.1) is 10.1 Å². The van der Waals surface area contributed by atoms with Crippen molar-refractivity contribution < 1.29 is 9.72 Å². The molecule has 2 aromatic rings. The lowest BCUT2D eigenvalue weighted by Crippen LogP contribution is -2.06. The van der Waals surface area contributed by atoms with Gasteiger partial charge in [0.15, 0.2) is 0 Å². The Labute approximate surface area is 111 Å². The molecule has 2 aromatic carbocycles. The molecule has 0 bridgehead atoms. The molecule has 0 aliphatic heterocycles.